The first-order valence-corrected chi connectivity index (χ1v) is 9.22. The van der Waals surface area contributed by atoms with E-state index in [1.165, 1.54) is 0 Å². The second kappa shape index (κ2) is 6.49. The van der Waals surface area contributed by atoms with Gasteiger partial charge < -0.3 is 9.84 Å². The number of rotatable bonds is 5. The molecule has 1 amide bonds. The van der Waals surface area contributed by atoms with Crippen molar-refractivity contribution in [2.45, 2.75) is 25.3 Å². The summed E-state index contributed by atoms with van der Waals surface area (Å²) in [5.74, 6) is 0.840. The predicted octanol–water partition coefficient (Wildman–Crippen LogP) is 0.972. The summed E-state index contributed by atoms with van der Waals surface area (Å²) >= 11 is 0. The Balaban J connectivity index is 1.51. The third-order valence-corrected chi connectivity index (χ3v) is 5.43. The van der Waals surface area contributed by atoms with Crippen LogP contribution < -0.4 is 5.32 Å². The predicted molar refractivity (Wildman–Crippen MR) is 83.3 cm³/mol. The lowest BCUT2D eigenvalue weighted by molar-refractivity contribution is -0.121. The van der Waals surface area contributed by atoms with Crippen molar-refractivity contribution in [3.8, 4) is 11.4 Å². The number of carbonyl (C=O) groups is 1. The van der Waals surface area contributed by atoms with Gasteiger partial charge in [-0.25, -0.2) is 8.42 Å². The quantitative estimate of drug-likeness (QED) is 0.873. The van der Waals surface area contributed by atoms with E-state index in [-0.39, 0.29) is 29.9 Å². The van der Waals surface area contributed by atoms with Gasteiger partial charge in [-0.15, -0.1) is 0 Å². The van der Waals surface area contributed by atoms with Crippen molar-refractivity contribution in [3.05, 3.63) is 36.2 Å². The second-order valence-corrected chi connectivity index (χ2v) is 7.77. The van der Waals surface area contributed by atoms with Crippen LogP contribution in [0.5, 0.6) is 0 Å². The Morgan fingerprint density at radius 1 is 1.30 bits per heavy atom. The van der Waals surface area contributed by atoms with E-state index in [2.05, 4.69) is 15.5 Å². The van der Waals surface area contributed by atoms with Crippen molar-refractivity contribution in [2.75, 3.05) is 11.5 Å². The van der Waals surface area contributed by atoms with Gasteiger partial charge in [0.05, 0.1) is 11.5 Å². The van der Waals surface area contributed by atoms with Crippen molar-refractivity contribution in [3.63, 3.8) is 0 Å². The molecule has 1 N–H and O–H groups in total. The van der Waals surface area contributed by atoms with Crippen LogP contribution in [0.15, 0.2) is 34.9 Å². The number of aromatic nitrogens is 2. The lowest BCUT2D eigenvalue weighted by Gasteiger charge is -2.09. The van der Waals surface area contributed by atoms with Gasteiger partial charge in [-0.2, -0.15) is 4.98 Å². The van der Waals surface area contributed by atoms with Gasteiger partial charge in [-0.3, -0.25) is 4.79 Å². The van der Waals surface area contributed by atoms with Crippen LogP contribution >= 0.6 is 0 Å². The molecule has 1 aliphatic heterocycles. The number of sulfone groups is 1. The Hall–Kier alpha value is -2.22. The van der Waals surface area contributed by atoms with E-state index in [1.807, 2.05) is 30.3 Å². The summed E-state index contributed by atoms with van der Waals surface area (Å²) in [6.07, 6.45) is 0.991. The summed E-state index contributed by atoms with van der Waals surface area (Å²) in [4.78, 5) is 16.1. The first-order valence-electron chi connectivity index (χ1n) is 7.40. The lowest BCUT2D eigenvalue weighted by atomic mass is 10.2. The Bertz CT molecular complexity index is 786. The zero-order chi connectivity index (χ0) is 16.3. The molecule has 1 aromatic carbocycles. The van der Waals surface area contributed by atoms with Crippen molar-refractivity contribution in [1.29, 1.82) is 0 Å². The van der Waals surface area contributed by atoms with Crippen molar-refractivity contribution >= 4 is 15.7 Å². The third-order valence-electron chi connectivity index (χ3n) is 3.66. The monoisotopic (exact) mass is 335 g/mol. The van der Waals surface area contributed by atoms with Gasteiger partial charge in [0, 0.05) is 24.4 Å². The maximum atomic E-state index is 11.9. The molecule has 3 rings (SSSR count). The summed E-state index contributed by atoms with van der Waals surface area (Å²) in [6, 6.07) is 9.14. The zero-order valence-corrected chi connectivity index (χ0v) is 13.3. The van der Waals surface area contributed by atoms with E-state index >= 15 is 0 Å². The van der Waals surface area contributed by atoms with E-state index in [9.17, 15) is 13.2 Å². The molecule has 8 heteroatoms. The standard InChI is InChI=1S/C15H17N3O4S/c19-13(16-12-8-9-23(20,21)10-12)6-7-14-17-15(18-22-14)11-4-2-1-3-5-11/h1-5,12H,6-10H2,(H,16,19)/t12-/m0/s1. The van der Waals surface area contributed by atoms with E-state index in [1.54, 1.807) is 0 Å². The molecule has 0 saturated carbocycles. The van der Waals surface area contributed by atoms with Gasteiger partial charge in [0.15, 0.2) is 9.84 Å². The zero-order valence-electron chi connectivity index (χ0n) is 12.4. The highest BCUT2D eigenvalue weighted by Gasteiger charge is 2.28. The number of nitrogens with zero attached hydrogens (tertiary/aromatic N) is 2. The van der Waals surface area contributed by atoms with Gasteiger partial charge >= 0.3 is 0 Å². The SMILES string of the molecule is O=C(CCc1nc(-c2ccccc2)no1)N[C@H]1CCS(=O)(=O)C1. The molecule has 1 atom stereocenters. The molecule has 7 nitrogen and oxygen atoms in total. The number of benzene rings is 1. The third kappa shape index (κ3) is 4.16. The molecule has 2 heterocycles. The molecule has 0 radical (unpaired) electrons. The normalized spacial score (nSPS) is 19.6. The van der Waals surface area contributed by atoms with Crippen LogP contribution in [0.1, 0.15) is 18.7 Å². The summed E-state index contributed by atoms with van der Waals surface area (Å²) in [7, 11) is -2.99. The molecule has 1 aromatic heterocycles. The fourth-order valence-corrected chi connectivity index (χ4v) is 4.16. The largest absolute Gasteiger partial charge is 0.352 e. The molecule has 0 spiro atoms. The summed E-state index contributed by atoms with van der Waals surface area (Å²) < 4.78 is 27.8. The smallest absolute Gasteiger partial charge is 0.227 e. The number of hydrogen-bond donors (Lipinski definition) is 1. The van der Waals surface area contributed by atoms with E-state index in [4.69, 9.17) is 4.52 Å². The van der Waals surface area contributed by atoms with Crippen molar-refractivity contribution in [2.24, 2.45) is 0 Å². The average molecular weight is 335 g/mol. The highest BCUT2D eigenvalue weighted by Crippen LogP contribution is 2.15. The molecule has 1 saturated heterocycles. The van der Waals surface area contributed by atoms with Crippen molar-refractivity contribution < 1.29 is 17.7 Å². The Labute approximate surface area is 134 Å². The molecular weight excluding hydrogens is 318 g/mol. The summed E-state index contributed by atoms with van der Waals surface area (Å²) in [6.45, 7) is 0. The maximum absolute atomic E-state index is 11.9. The van der Waals surface area contributed by atoms with Crippen LogP contribution in [0.2, 0.25) is 0 Å². The van der Waals surface area contributed by atoms with Crippen LogP contribution in [0.3, 0.4) is 0 Å². The van der Waals surface area contributed by atoms with E-state index in [0.717, 1.165) is 5.56 Å². The van der Waals surface area contributed by atoms with Gasteiger partial charge in [0.1, 0.15) is 0 Å². The first kappa shape index (κ1) is 15.7. The van der Waals surface area contributed by atoms with Gasteiger partial charge in [-0.1, -0.05) is 35.5 Å². The second-order valence-electron chi connectivity index (χ2n) is 5.55. The van der Waals surface area contributed by atoms with E-state index < -0.39 is 9.84 Å². The number of hydrogen-bond acceptors (Lipinski definition) is 6. The minimum Gasteiger partial charge on any atom is -0.352 e. The molecule has 0 aliphatic carbocycles. The highest BCUT2D eigenvalue weighted by atomic mass is 32.2. The van der Waals surface area contributed by atoms with Crippen LogP contribution in [0.4, 0.5) is 0 Å². The maximum Gasteiger partial charge on any atom is 0.227 e. The fraction of sp³-hybridized carbons (Fsp3) is 0.400. The van der Waals surface area contributed by atoms with Crippen LogP contribution in [-0.2, 0) is 21.1 Å². The highest BCUT2D eigenvalue weighted by molar-refractivity contribution is 7.91. The molecule has 122 valence electrons. The minimum absolute atomic E-state index is 0.0253. The number of nitrogens with one attached hydrogen (secondary N) is 1. The molecule has 2 aromatic rings. The van der Waals surface area contributed by atoms with Gasteiger partial charge in [0.25, 0.3) is 0 Å². The van der Waals surface area contributed by atoms with Gasteiger partial charge in [0.2, 0.25) is 17.6 Å². The lowest BCUT2D eigenvalue weighted by Crippen LogP contribution is -2.35. The summed E-state index contributed by atoms with van der Waals surface area (Å²) in [5, 5.41) is 6.62. The molecule has 23 heavy (non-hydrogen) atoms. The number of aryl methyl sites for hydroxylation is 1. The van der Waals surface area contributed by atoms with Crippen LogP contribution in [-0.4, -0.2) is 42.0 Å². The fourth-order valence-electron chi connectivity index (χ4n) is 2.49. The van der Waals surface area contributed by atoms with Crippen molar-refractivity contribution in [1.82, 2.24) is 15.5 Å². The molecular formula is C15H17N3O4S. The first-order chi connectivity index (χ1) is 11.0. The molecule has 1 fully saturated rings. The average Bonchev–Trinajstić information content (AvgIpc) is 3.13. The van der Waals surface area contributed by atoms with E-state index in [0.29, 0.717) is 24.6 Å². The topological polar surface area (TPSA) is 102 Å². The molecule has 1 aliphatic rings. The Kier molecular flexibility index (Phi) is 4.42. The molecule has 0 unspecified atom stereocenters. The Morgan fingerprint density at radius 3 is 2.78 bits per heavy atom. The summed E-state index contributed by atoms with van der Waals surface area (Å²) in [5.41, 5.74) is 0.850. The van der Waals surface area contributed by atoms with Crippen LogP contribution in [0.25, 0.3) is 11.4 Å². The van der Waals surface area contributed by atoms with Gasteiger partial charge in [-0.05, 0) is 6.42 Å². The number of carbonyl (C=O) groups excluding carboxylic acids is 1. The number of amides is 1. The Morgan fingerprint density at radius 2 is 2.09 bits per heavy atom. The minimum atomic E-state index is -2.99. The van der Waals surface area contributed by atoms with Crippen LogP contribution in [0, 0.1) is 0 Å². The molecule has 0 bridgehead atoms.